The number of piperidine rings is 1. The van der Waals surface area contributed by atoms with Crippen LogP contribution in [0.25, 0.3) is 10.9 Å². The Morgan fingerprint density at radius 1 is 1.36 bits per heavy atom. The zero-order chi connectivity index (χ0) is 17.7. The van der Waals surface area contributed by atoms with E-state index in [0.29, 0.717) is 0 Å². The smallest absolute Gasteiger partial charge is 0.116 e. The quantitative estimate of drug-likeness (QED) is 0.646. The van der Waals surface area contributed by atoms with E-state index in [1.807, 2.05) is 25.1 Å². The largest absolute Gasteiger partial charge is 0.508 e. The van der Waals surface area contributed by atoms with E-state index < -0.39 is 0 Å². The Morgan fingerprint density at radius 3 is 2.84 bits per heavy atom. The van der Waals surface area contributed by atoms with E-state index in [0.717, 1.165) is 29.3 Å². The van der Waals surface area contributed by atoms with Crippen LogP contribution in [0, 0.1) is 11.8 Å². The van der Waals surface area contributed by atoms with Gasteiger partial charge in [-0.25, -0.2) is 0 Å². The Labute approximate surface area is 147 Å². The van der Waals surface area contributed by atoms with Crippen LogP contribution >= 0.6 is 0 Å². The van der Waals surface area contributed by atoms with E-state index in [9.17, 15) is 15.3 Å². The summed E-state index contributed by atoms with van der Waals surface area (Å²) in [5, 5.41) is 30.8. The van der Waals surface area contributed by atoms with Gasteiger partial charge in [-0.1, -0.05) is 6.08 Å². The second kappa shape index (κ2) is 6.16. The molecule has 5 nitrogen and oxygen atoms in total. The van der Waals surface area contributed by atoms with Crippen molar-refractivity contribution in [1.82, 2.24) is 9.88 Å². The van der Waals surface area contributed by atoms with Gasteiger partial charge in [0.2, 0.25) is 0 Å². The molecular formula is C20H26N2O3. The summed E-state index contributed by atoms with van der Waals surface area (Å²) < 4.78 is 0. The van der Waals surface area contributed by atoms with Gasteiger partial charge in [0.1, 0.15) is 5.75 Å². The lowest BCUT2D eigenvalue weighted by atomic mass is 9.68. The van der Waals surface area contributed by atoms with E-state index in [-0.39, 0.29) is 42.9 Å². The summed E-state index contributed by atoms with van der Waals surface area (Å²) in [4.78, 5) is 5.93. The van der Waals surface area contributed by atoms with Gasteiger partial charge in [-0.05, 0) is 62.1 Å². The van der Waals surface area contributed by atoms with Gasteiger partial charge < -0.3 is 20.3 Å². The van der Waals surface area contributed by atoms with Gasteiger partial charge >= 0.3 is 0 Å². The molecular weight excluding hydrogens is 316 g/mol. The first-order valence-corrected chi connectivity index (χ1v) is 9.01. The molecule has 4 atom stereocenters. The lowest BCUT2D eigenvalue weighted by molar-refractivity contribution is -0.00908. The maximum atomic E-state index is 10.1. The summed E-state index contributed by atoms with van der Waals surface area (Å²) in [6.45, 7) is 2.13. The fourth-order valence-corrected chi connectivity index (χ4v) is 5.07. The molecule has 3 heterocycles. The average molecular weight is 342 g/mol. The van der Waals surface area contributed by atoms with Crippen molar-refractivity contribution in [2.75, 3.05) is 20.3 Å². The molecule has 0 amide bonds. The average Bonchev–Trinajstić information content (AvgIpc) is 2.95. The Balaban J connectivity index is 1.84. The molecule has 1 fully saturated rings. The lowest BCUT2D eigenvalue weighted by Crippen LogP contribution is -2.54. The van der Waals surface area contributed by atoms with Gasteiger partial charge in [0, 0.05) is 35.2 Å². The molecule has 1 aromatic carbocycles. The molecule has 134 valence electrons. The number of aliphatic hydroxyl groups excluding tert-OH is 2. The zero-order valence-electron chi connectivity index (χ0n) is 14.7. The highest BCUT2D eigenvalue weighted by molar-refractivity contribution is 5.86. The van der Waals surface area contributed by atoms with Crippen molar-refractivity contribution in [3.8, 4) is 5.75 Å². The number of aliphatic hydroxyl groups is 2. The van der Waals surface area contributed by atoms with Crippen LogP contribution in [0.2, 0.25) is 0 Å². The first kappa shape index (κ1) is 16.6. The van der Waals surface area contributed by atoms with E-state index >= 15 is 0 Å². The molecule has 0 radical (unpaired) electrons. The summed E-state index contributed by atoms with van der Waals surface area (Å²) >= 11 is 0. The highest BCUT2D eigenvalue weighted by Crippen LogP contribution is 2.49. The molecule has 2 bridgehead atoms. The van der Waals surface area contributed by atoms with Crippen molar-refractivity contribution in [3.05, 3.63) is 41.1 Å². The van der Waals surface area contributed by atoms with Crippen LogP contribution in [0.4, 0.5) is 0 Å². The molecule has 0 saturated carbocycles. The molecule has 25 heavy (non-hydrogen) atoms. The normalized spacial score (nSPS) is 29.8. The third-order valence-corrected chi connectivity index (χ3v) is 6.41. The minimum Gasteiger partial charge on any atom is -0.508 e. The molecule has 4 N–H and O–H groups in total. The summed E-state index contributed by atoms with van der Waals surface area (Å²) in [7, 11) is 2.13. The number of hydrogen-bond donors (Lipinski definition) is 4. The predicted octanol–water partition coefficient (Wildman–Crippen LogP) is 2.34. The molecule has 2 aliphatic heterocycles. The number of aromatic hydroxyl groups is 1. The van der Waals surface area contributed by atoms with Gasteiger partial charge in [0.25, 0.3) is 0 Å². The number of rotatable bonds is 3. The number of likely N-dealkylation sites (N-methyl/N-ethyl adjacent to an activating group) is 1. The second-order valence-corrected chi connectivity index (χ2v) is 7.41. The zero-order valence-corrected chi connectivity index (χ0v) is 14.7. The Kier molecular flexibility index (Phi) is 4.10. The van der Waals surface area contributed by atoms with E-state index in [4.69, 9.17) is 0 Å². The van der Waals surface area contributed by atoms with Crippen LogP contribution < -0.4 is 0 Å². The maximum Gasteiger partial charge on any atom is 0.116 e. The molecule has 5 heteroatoms. The van der Waals surface area contributed by atoms with Crippen molar-refractivity contribution >= 4 is 10.9 Å². The molecule has 0 spiro atoms. The second-order valence-electron chi connectivity index (χ2n) is 7.41. The molecule has 2 aliphatic rings. The van der Waals surface area contributed by atoms with Crippen LogP contribution in [0.1, 0.15) is 30.6 Å². The number of H-pyrrole nitrogens is 1. The molecule has 1 saturated heterocycles. The number of hydrogen-bond acceptors (Lipinski definition) is 4. The third kappa shape index (κ3) is 2.41. The fraction of sp³-hybridized carbons (Fsp3) is 0.500. The van der Waals surface area contributed by atoms with Crippen LogP contribution in [0.3, 0.4) is 0 Å². The van der Waals surface area contributed by atoms with Crippen molar-refractivity contribution in [1.29, 1.82) is 0 Å². The summed E-state index contributed by atoms with van der Waals surface area (Å²) in [5.41, 5.74) is 4.56. The molecule has 0 aliphatic carbocycles. The van der Waals surface area contributed by atoms with Gasteiger partial charge in [-0.2, -0.15) is 0 Å². The number of aromatic nitrogens is 1. The third-order valence-electron chi connectivity index (χ3n) is 6.41. The lowest BCUT2D eigenvalue weighted by Gasteiger charge is -2.51. The van der Waals surface area contributed by atoms with Gasteiger partial charge in [-0.3, -0.25) is 4.90 Å². The Morgan fingerprint density at radius 2 is 2.16 bits per heavy atom. The monoisotopic (exact) mass is 342 g/mol. The molecule has 1 aromatic heterocycles. The van der Waals surface area contributed by atoms with Crippen LogP contribution in [0.5, 0.6) is 5.75 Å². The van der Waals surface area contributed by atoms with Crippen molar-refractivity contribution in [2.45, 2.75) is 31.8 Å². The fourth-order valence-electron chi connectivity index (χ4n) is 5.07. The van der Waals surface area contributed by atoms with Gasteiger partial charge in [0.15, 0.2) is 0 Å². The van der Waals surface area contributed by atoms with Crippen molar-refractivity contribution < 1.29 is 15.3 Å². The number of phenols is 1. The van der Waals surface area contributed by atoms with E-state index in [2.05, 4.69) is 16.9 Å². The highest BCUT2D eigenvalue weighted by Gasteiger charge is 2.47. The van der Waals surface area contributed by atoms with Crippen LogP contribution in [0.15, 0.2) is 29.8 Å². The number of allylic oxidation sites excluding steroid dienone is 1. The highest BCUT2D eigenvalue weighted by atomic mass is 16.3. The molecule has 2 aromatic rings. The minimum atomic E-state index is 0.0499. The van der Waals surface area contributed by atoms with E-state index in [1.165, 1.54) is 11.3 Å². The number of nitrogens with one attached hydrogen (secondary N) is 1. The minimum absolute atomic E-state index is 0.0499. The van der Waals surface area contributed by atoms with Crippen LogP contribution in [-0.4, -0.2) is 51.5 Å². The SMILES string of the molecule is C/C=C(/CO)C1C[C@H]2c3[nH]c4ccc(O)cc4c3C[C@@H]([C@H]1CO)N2C. The Hall–Kier alpha value is -1.82. The van der Waals surface area contributed by atoms with E-state index in [1.54, 1.807) is 6.07 Å². The molecule has 4 rings (SSSR count). The molecule has 1 unspecified atom stereocenters. The number of fused-ring (bicyclic) bond motifs is 6. The standard InChI is InChI=1S/C20H26N2O3/c1-3-11(9-23)13-7-19-20-15(8-18(22(19)2)16(13)10-24)14-6-12(25)4-5-17(14)21-20/h3-6,13,16,18-19,21,23-25H,7-10H2,1-2H3/b11-3-/t13?,16-,18-,19-/m0/s1. The number of benzene rings is 1. The maximum absolute atomic E-state index is 10.1. The Bertz CT molecular complexity index is 826. The van der Waals surface area contributed by atoms with Crippen molar-refractivity contribution in [3.63, 3.8) is 0 Å². The first-order chi connectivity index (χ1) is 12.1. The van der Waals surface area contributed by atoms with Crippen LogP contribution in [-0.2, 0) is 6.42 Å². The first-order valence-electron chi connectivity index (χ1n) is 9.01. The number of nitrogens with zero attached hydrogens (tertiary/aromatic N) is 1. The van der Waals surface area contributed by atoms with Crippen molar-refractivity contribution in [2.24, 2.45) is 11.8 Å². The summed E-state index contributed by atoms with van der Waals surface area (Å²) in [6.07, 6.45) is 3.72. The summed E-state index contributed by atoms with van der Waals surface area (Å²) in [6, 6.07) is 5.94. The van der Waals surface area contributed by atoms with Gasteiger partial charge in [0.05, 0.1) is 12.6 Å². The van der Waals surface area contributed by atoms with Gasteiger partial charge in [-0.15, -0.1) is 0 Å². The topological polar surface area (TPSA) is 79.7 Å². The predicted molar refractivity (Wildman–Crippen MR) is 97.5 cm³/mol. The number of phenolic OH excluding ortho intramolecular Hbond substituents is 1. The summed E-state index contributed by atoms with van der Waals surface area (Å²) in [5.74, 6) is 0.584. The number of aromatic amines is 1.